The summed E-state index contributed by atoms with van der Waals surface area (Å²) in [5.41, 5.74) is 1.63. The Morgan fingerprint density at radius 3 is 2.26 bits per heavy atom. The first-order valence-electron chi connectivity index (χ1n) is 8.47. The minimum absolute atomic E-state index is 0.130. The Morgan fingerprint density at radius 1 is 1.07 bits per heavy atom. The Bertz CT molecular complexity index is 798. The summed E-state index contributed by atoms with van der Waals surface area (Å²) < 4.78 is 10.1. The van der Waals surface area contributed by atoms with Gasteiger partial charge in [-0.15, -0.1) is 0 Å². The first-order chi connectivity index (χ1) is 12.9. The molecule has 0 aliphatic heterocycles. The van der Waals surface area contributed by atoms with Crippen LogP contribution >= 0.6 is 0 Å². The van der Waals surface area contributed by atoms with Crippen LogP contribution in [0.5, 0.6) is 0 Å². The van der Waals surface area contributed by atoms with Crippen LogP contribution in [0, 0.1) is 0 Å². The summed E-state index contributed by atoms with van der Waals surface area (Å²) in [6.45, 7) is 4.38. The number of carbonyl (C=O) groups excluding carboxylic acids is 3. The van der Waals surface area contributed by atoms with Gasteiger partial charge in [0, 0.05) is 18.3 Å². The summed E-state index contributed by atoms with van der Waals surface area (Å²) in [6, 6.07) is 8.38. The van der Waals surface area contributed by atoms with Gasteiger partial charge in [0.05, 0.1) is 26.5 Å². The maximum absolute atomic E-state index is 12.3. The van der Waals surface area contributed by atoms with Crippen molar-refractivity contribution in [1.82, 2.24) is 4.90 Å². The van der Waals surface area contributed by atoms with Gasteiger partial charge in [-0.3, -0.25) is 14.5 Å². The molecule has 1 aromatic heterocycles. The van der Waals surface area contributed by atoms with E-state index in [1.54, 1.807) is 30.3 Å². The highest BCUT2D eigenvalue weighted by atomic mass is 16.5. The second-order valence-corrected chi connectivity index (χ2v) is 5.86. The third-order valence-corrected chi connectivity index (χ3v) is 3.82. The van der Waals surface area contributed by atoms with Gasteiger partial charge in [0.2, 0.25) is 11.8 Å². The van der Waals surface area contributed by atoms with E-state index < -0.39 is 5.97 Å². The van der Waals surface area contributed by atoms with Gasteiger partial charge in [-0.2, -0.15) is 0 Å². The summed E-state index contributed by atoms with van der Waals surface area (Å²) in [4.78, 5) is 36.9. The molecule has 2 rings (SSSR count). The number of hydrogen-bond donors (Lipinski definition) is 2. The van der Waals surface area contributed by atoms with Crippen molar-refractivity contribution >= 4 is 29.2 Å². The van der Waals surface area contributed by atoms with Crippen molar-refractivity contribution in [1.29, 1.82) is 0 Å². The highest BCUT2D eigenvalue weighted by Gasteiger charge is 2.18. The predicted molar refractivity (Wildman–Crippen MR) is 100 cm³/mol. The lowest BCUT2D eigenvalue weighted by Gasteiger charge is -2.19. The standard InChI is InChI=1S/C19H23N3O5/c1-4-22(11-17-16(9-10-27-17)19(25)26-3)12-18(24)21-15-7-5-14(6-8-15)20-13(2)23/h5-10H,4,11-12H2,1-3H3,(H,20,23)(H,21,24). The average Bonchev–Trinajstić information content (AvgIpc) is 3.09. The van der Waals surface area contributed by atoms with Gasteiger partial charge in [0.1, 0.15) is 11.3 Å². The zero-order valence-corrected chi connectivity index (χ0v) is 15.6. The highest BCUT2D eigenvalue weighted by Crippen LogP contribution is 2.16. The molecule has 0 spiro atoms. The van der Waals surface area contributed by atoms with Crippen LogP contribution in [0.4, 0.5) is 11.4 Å². The molecule has 0 saturated heterocycles. The third kappa shape index (κ3) is 5.96. The molecule has 2 N–H and O–H groups in total. The maximum Gasteiger partial charge on any atom is 0.341 e. The molecule has 8 nitrogen and oxygen atoms in total. The number of nitrogens with zero attached hydrogens (tertiary/aromatic N) is 1. The largest absolute Gasteiger partial charge is 0.467 e. The fourth-order valence-corrected chi connectivity index (χ4v) is 2.48. The minimum Gasteiger partial charge on any atom is -0.467 e. The maximum atomic E-state index is 12.3. The molecule has 27 heavy (non-hydrogen) atoms. The number of rotatable bonds is 8. The molecule has 0 aliphatic rings. The van der Waals surface area contributed by atoms with Gasteiger partial charge >= 0.3 is 5.97 Å². The second-order valence-electron chi connectivity index (χ2n) is 5.86. The van der Waals surface area contributed by atoms with Gasteiger partial charge in [0.25, 0.3) is 0 Å². The fraction of sp³-hybridized carbons (Fsp3) is 0.316. The van der Waals surface area contributed by atoms with Crippen molar-refractivity contribution in [2.75, 3.05) is 30.8 Å². The van der Waals surface area contributed by atoms with E-state index in [1.807, 2.05) is 11.8 Å². The van der Waals surface area contributed by atoms with Crippen molar-refractivity contribution in [3.8, 4) is 0 Å². The molecule has 144 valence electrons. The Kier molecular flexibility index (Phi) is 7.13. The van der Waals surface area contributed by atoms with Crippen LogP contribution in [0.15, 0.2) is 41.0 Å². The van der Waals surface area contributed by atoms with Gasteiger partial charge < -0.3 is 19.8 Å². The molecule has 0 atom stereocenters. The molecule has 0 fully saturated rings. The monoisotopic (exact) mass is 373 g/mol. The molecule has 2 amide bonds. The van der Waals surface area contributed by atoms with E-state index in [2.05, 4.69) is 10.6 Å². The molecular formula is C19H23N3O5. The molecule has 1 aromatic carbocycles. The molecule has 1 heterocycles. The van der Waals surface area contributed by atoms with Crippen LogP contribution in [0.2, 0.25) is 0 Å². The molecule has 0 radical (unpaired) electrons. The molecule has 8 heteroatoms. The van der Waals surface area contributed by atoms with Crippen molar-refractivity contribution in [3.05, 3.63) is 47.9 Å². The third-order valence-electron chi connectivity index (χ3n) is 3.82. The zero-order chi connectivity index (χ0) is 19.8. The van der Waals surface area contributed by atoms with Crippen molar-refractivity contribution in [2.45, 2.75) is 20.4 Å². The number of amides is 2. The minimum atomic E-state index is -0.474. The lowest BCUT2D eigenvalue weighted by atomic mass is 10.2. The number of anilines is 2. The number of ether oxygens (including phenoxy) is 1. The number of hydrogen-bond acceptors (Lipinski definition) is 6. The number of nitrogens with one attached hydrogen (secondary N) is 2. The van der Waals surface area contributed by atoms with Crippen LogP contribution in [-0.4, -0.2) is 42.9 Å². The number of methoxy groups -OCH3 is 1. The first-order valence-corrected chi connectivity index (χ1v) is 8.47. The Morgan fingerprint density at radius 2 is 1.70 bits per heavy atom. The van der Waals surface area contributed by atoms with E-state index in [-0.39, 0.29) is 18.4 Å². The van der Waals surface area contributed by atoms with Crippen LogP contribution in [0.25, 0.3) is 0 Å². The van der Waals surface area contributed by atoms with Gasteiger partial charge in [-0.05, 0) is 36.9 Å². The fourth-order valence-electron chi connectivity index (χ4n) is 2.48. The van der Waals surface area contributed by atoms with Gasteiger partial charge in [-0.25, -0.2) is 4.79 Å². The molecule has 0 unspecified atom stereocenters. The normalized spacial score (nSPS) is 10.5. The molecule has 2 aromatic rings. The number of furan rings is 1. The zero-order valence-electron chi connectivity index (χ0n) is 15.6. The summed E-state index contributed by atoms with van der Waals surface area (Å²) in [6.07, 6.45) is 1.42. The van der Waals surface area contributed by atoms with E-state index in [9.17, 15) is 14.4 Å². The lowest BCUT2D eigenvalue weighted by molar-refractivity contribution is -0.117. The molecule has 0 saturated carbocycles. The Hall–Kier alpha value is -3.13. The summed E-state index contributed by atoms with van der Waals surface area (Å²) >= 11 is 0. The van der Waals surface area contributed by atoms with E-state index >= 15 is 0 Å². The average molecular weight is 373 g/mol. The van der Waals surface area contributed by atoms with Crippen LogP contribution in [0.1, 0.15) is 30.0 Å². The Balaban J connectivity index is 1.94. The first kappa shape index (κ1) is 20.2. The number of likely N-dealkylation sites (N-methyl/N-ethyl adjacent to an activating group) is 1. The quantitative estimate of drug-likeness (QED) is 0.690. The summed E-state index contributed by atoms with van der Waals surface area (Å²) in [7, 11) is 1.31. The lowest BCUT2D eigenvalue weighted by Crippen LogP contribution is -2.33. The molecular weight excluding hydrogens is 350 g/mol. The van der Waals surface area contributed by atoms with Gasteiger partial charge in [-0.1, -0.05) is 6.92 Å². The SMILES string of the molecule is CCN(CC(=O)Nc1ccc(NC(C)=O)cc1)Cc1occc1C(=O)OC. The molecule has 0 bridgehead atoms. The molecule has 0 aliphatic carbocycles. The van der Waals surface area contributed by atoms with Gasteiger partial charge in [0.15, 0.2) is 0 Å². The Labute approximate surface area is 157 Å². The second kappa shape index (κ2) is 9.54. The van der Waals surface area contributed by atoms with E-state index in [0.717, 1.165) is 0 Å². The van der Waals surface area contributed by atoms with Crippen LogP contribution < -0.4 is 10.6 Å². The van der Waals surface area contributed by atoms with Crippen molar-refractivity contribution in [2.24, 2.45) is 0 Å². The predicted octanol–water partition coefficient (Wildman–Crippen LogP) is 2.49. The number of esters is 1. The summed E-state index contributed by atoms with van der Waals surface area (Å²) in [5, 5.41) is 5.46. The van der Waals surface area contributed by atoms with Crippen molar-refractivity contribution < 1.29 is 23.5 Å². The van der Waals surface area contributed by atoms with E-state index in [4.69, 9.17) is 9.15 Å². The number of carbonyl (C=O) groups is 3. The van der Waals surface area contributed by atoms with E-state index in [0.29, 0.717) is 35.8 Å². The highest BCUT2D eigenvalue weighted by molar-refractivity contribution is 5.93. The van der Waals surface area contributed by atoms with E-state index in [1.165, 1.54) is 20.3 Å². The summed E-state index contributed by atoms with van der Waals surface area (Å²) in [5.74, 6) is -0.375. The van der Waals surface area contributed by atoms with Crippen LogP contribution in [0.3, 0.4) is 0 Å². The topological polar surface area (TPSA) is 101 Å². The van der Waals surface area contributed by atoms with Crippen LogP contribution in [-0.2, 0) is 20.9 Å². The smallest absolute Gasteiger partial charge is 0.341 e. The van der Waals surface area contributed by atoms with Crippen molar-refractivity contribution in [3.63, 3.8) is 0 Å². The number of benzene rings is 1.